The van der Waals surface area contributed by atoms with E-state index >= 15 is 0 Å². The van der Waals surface area contributed by atoms with Crippen LogP contribution in [0.3, 0.4) is 0 Å². The van der Waals surface area contributed by atoms with Crippen molar-refractivity contribution in [3.05, 3.63) is 0 Å². The predicted molar refractivity (Wildman–Crippen MR) is 76.0 cm³/mol. The third-order valence-electron chi connectivity index (χ3n) is 4.12. The van der Waals surface area contributed by atoms with E-state index < -0.39 is 0 Å². The van der Waals surface area contributed by atoms with Gasteiger partial charge in [-0.3, -0.25) is 0 Å². The van der Waals surface area contributed by atoms with Crippen LogP contribution < -0.4 is 5.32 Å². The van der Waals surface area contributed by atoms with Crippen molar-refractivity contribution < 1.29 is 9.47 Å². The lowest BCUT2D eigenvalue weighted by atomic mass is 9.86. The first kappa shape index (κ1) is 15.9. The number of ether oxygens (including phenoxy) is 2. The summed E-state index contributed by atoms with van der Waals surface area (Å²) in [6.45, 7) is 6.86. The zero-order valence-corrected chi connectivity index (χ0v) is 12.5. The summed E-state index contributed by atoms with van der Waals surface area (Å²) >= 11 is 0. The smallest absolute Gasteiger partial charge is 0.0853 e. The summed E-state index contributed by atoms with van der Waals surface area (Å²) in [5.74, 6) is 0. The van der Waals surface area contributed by atoms with Crippen molar-refractivity contribution in [2.75, 3.05) is 26.9 Å². The summed E-state index contributed by atoms with van der Waals surface area (Å²) < 4.78 is 11.6. The largest absolute Gasteiger partial charge is 0.380 e. The Bertz CT molecular complexity index is 193. The minimum atomic E-state index is -0.0131. The third kappa shape index (κ3) is 4.52. The summed E-state index contributed by atoms with van der Waals surface area (Å²) in [5.41, 5.74) is -0.0131. The summed E-state index contributed by atoms with van der Waals surface area (Å²) in [6, 6.07) is 0.334. The highest BCUT2D eigenvalue weighted by Gasteiger charge is 2.38. The van der Waals surface area contributed by atoms with E-state index in [9.17, 15) is 0 Å². The van der Waals surface area contributed by atoms with E-state index in [1.54, 1.807) is 0 Å². The molecule has 0 aromatic rings. The highest BCUT2D eigenvalue weighted by atomic mass is 16.5. The highest BCUT2D eigenvalue weighted by Crippen LogP contribution is 2.33. The quantitative estimate of drug-likeness (QED) is 0.678. The molecular weight excluding hydrogens is 226 g/mol. The second-order valence-electron chi connectivity index (χ2n) is 5.35. The van der Waals surface area contributed by atoms with E-state index in [0.29, 0.717) is 6.04 Å². The first-order valence-corrected chi connectivity index (χ1v) is 7.65. The first-order chi connectivity index (χ1) is 8.79. The van der Waals surface area contributed by atoms with Gasteiger partial charge in [0.15, 0.2) is 0 Å². The van der Waals surface area contributed by atoms with Crippen LogP contribution in [0.5, 0.6) is 0 Å². The lowest BCUT2D eigenvalue weighted by molar-refractivity contribution is -0.0730. The Morgan fingerprint density at radius 1 is 1.11 bits per heavy atom. The maximum absolute atomic E-state index is 5.97. The maximum atomic E-state index is 5.97. The molecule has 1 saturated carbocycles. The molecule has 0 heterocycles. The maximum Gasteiger partial charge on any atom is 0.0853 e. The van der Waals surface area contributed by atoms with Crippen molar-refractivity contribution in [1.29, 1.82) is 0 Å². The number of methoxy groups -OCH3 is 1. The van der Waals surface area contributed by atoms with Crippen LogP contribution in [0.1, 0.15) is 58.8 Å². The van der Waals surface area contributed by atoms with Gasteiger partial charge in [-0.15, -0.1) is 0 Å². The van der Waals surface area contributed by atoms with Crippen molar-refractivity contribution in [1.82, 2.24) is 5.32 Å². The van der Waals surface area contributed by atoms with Gasteiger partial charge >= 0.3 is 0 Å². The molecule has 0 bridgehead atoms. The van der Waals surface area contributed by atoms with Gasteiger partial charge in [-0.05, 0) is 32.7 Å². The molecule has 1 aliphatic rings. The molecule has 1 aliphatic carbocycles. The molecule has 0 radical (unpaired) electrons. The fourth-order valence-corrected chi connectivity index (χ4v) is 2.97. The standard InChI is InChI=1S/C15H31NO2/c1-4-12-16-14(13-18-5-2)15(17-3)10-8-6-7-9-11-15/h14,16H,4-13H2,1-3H3. The van der Waals surface area contributed by atoms with E-state index in [2.05, 4.69) is 19.2 Å². The minimum absolute atomic E-state index is 0.0131. The van der Waals surface area contributed by atoms with Gasteiger partial charge in [-0.25, -0.2) is 0 Å². The van der Waals surface area contributed by atoms with Gasteiger partial charge in [0, 0.05) is 13.7 Å². The molecule has 0 aliphatic heterocycles. The molecule has 3 heteroatoms. The zero-order chi connectivity index (χ0) is 13.3. The van der Waals surface area contributed by atoms with Crippen LogP contribution in [0.4, 0.5) is 0 Å². The molecule has 18 heavy (non-hydrogen) atoms. The van der Waals surface area contributed by atoms with Crippen LogP contribution in [0.15, 0.2) is 0 Å². The SMILES string of the molecule is CCCNC(COCC)C1(OC)CCCCCC1. The van der Waals surface area contributed by atoms with Crippen molar-refractivity contribution in [2.45, 2.75) is 70.4 Å². The Hall–Kier alpha value is -0.120. The van der Waals surface area contributed by atoms with Crippen LogP contribution in [0, 0.1) is 0 Å². The van der Waals surface area contributed by atoms with E-state index in [-0.39, 0.29) is 5.60 Å². The van der Waals surface area contributed by atoms with Crippen LogP contribution in [-0.2, 0) is 9.47 Å². The van der Waals surface area contributed by atoms with Gasteiger partial charge in [-0.2, -0.15) is 0 Å². The Balaban J connectivity index is 2.68. The Morgan fingerprint density at radius 3 is 2.28 bits per heavy atom. The zero-order valence-electron chi connectivity index (χ0n) is 12.5. The summed E-state index contributed by atoms with van der Waals surface area (Å²) in [7, 11) is 1.87. The molecule has 1 N–H and O–H groups in total. The topological polar surface area (TPSA) is 30.5 Å². The molecule has 1 unspecified atom stereocenters. The molecule has 0 saturated heterocycles. The fraction of sp³-hybridized carbons (Fsp3) is 1.00. The Labute approximate surface area is 113 Å². The van der Waals surface area contributed by atoms with Crippen LogP contribution in [0.2, 0.25) is 0 Å². The molecule has 1 atom stereocenters. The normalized spacial score (nSPS) is 21.5. The Morgan fingerprint density at radius 2 is 1.78 bits per heavy atom. The van der Waals surface area contributed by atoms with E-state index in [4.69, 9.17) is 9.47 Å². The lowest BCUT2D eigenvalue weighted by Gasteiger charge is -2.39. The van der Waals surface area contributed by atoms with E-state index in [1.165, 1.54) is 25.7 Å². The number of hydrogen-bond donors (Lipinski definition) is 1. The fourth-order valence-electron chi connectivity index (χ4n) is 2.97. The van der Waals surface area contributed by atoms with Gasteiger partial charge in [0.2, 0.25) is 0 Å². The van der Waals surface area contributed by atoms with Crippen molar-refractivity contribution in [3.8, 4) is 0 Å². The number of rotatable bonds is 8. The monoisotopic (exact) mass is 257 g/mol. The van der Waals surface area contributed by atoms with E-state index in [1.807, 2.05) is 7.11 Å². The van der Waals surface area contributed by atoms with Crippen molar-refractivity contribution in [3.63, 3.8) is 0 Å². The average Bonchev–Trinajstić information content (AvgIpc) is 2.65. The predicted octanol–water partition coefficient (Wildman–Crippen LogP) is 3.13. The van der Waals surface area contributed by atoms with Crippen LogP contribution in [-0.4, -0.2) is 38.5 Å². The number of nitrogens with one attached hydrogen (secondary N) is 1. The average molecular weight is 257 g/mol. The summed E-state index contributed by atoms with van der Waals surface area (Å²) in [5, 5.41) is 3.64. The molecular formula is C15H31NO2. The first-order valence-electron chi connectivity index (χ1n) is 7.65. The van der Waals surface area contributed by atoms with Crippen molar-refractivity contribution in [2.24, 2.45) is 0 Å². The van der Waals surface area contributed by atoms with Crippen molar-refractivity contribution >= 4 is 0 Å². The molecule has 0 aromatic carbocycles. The molecule has 0 amide bonds. The molecule has 1 rings (SSSR count). The summed E-state index contributed by atoms with van der Waals surface area (Å²) in [6.07, 6.45) is 8.74. The second-order valence-corrected chi connectivity index (χ2v) is 5.35. The van der Waals surface area contributed by atoms with Gasteiger partial charge < -0.3 is 14.8 Å². The van der Waals surface area contributed by atoms with Gasteiger partial charge in [0.05, 0.1) is 18.2 Å². The van der Waals surface area contributed by atoms with Crippen LogP contribution in [0.25, 0.3) is 0 Å². The molecule has 1 fully saturated rings. The minimum Gasteiger partial charge on any atom is -0.380 e. The van der Waals surface area contributed by atoms with Gasteiger partial charge in [0.25, 0.3) is 0 Å². The molecule has 0 spiro atoms. The van der Waals surface area contributed by atoms with Crippen LogP contribution >= 0.6 is 0 Å². The molecule has 3 nitrogen and oxygen atoms in total. The molecule has 108 valence electrons. The highest BCUT2D eigenvalue weighted by molar-refractivity contribution is 4.94. The van der Waals surface area contributed by atoms with E-state index in [0.717, 1.165) is 39.0 Å². The molecule has 0 aromatic heterocycles. The number of hydrogen-bond acceptors (Lipinski definition) is 3. The lowest BCUT2D eigenvalue weighted by Crippen LogP contribution is -2.54. The van der Waals surface area contributed by atoms with Gasteiger partial charge in [0.1, 0.15) is 0 Å². The Kier molecular flexibility index (Phi) is 7.87. The third-order valence-corrected chi connectivity index (χ3v) is 4.12. The summed E-state index contributed by atoms with van der Waals surface area (Å²) in [4.78, 5) is 0. The van der Waals surface area contributed by atoms with Gasteiger partial charge in [-0.1, -0.05) is 32.6 Å². The second kappa shape index (κ2) is 8.89.